The molecule has 190 valence electrons. The van der Waals surface area contributed by atoms with Gasteiger partial charge in [-0.05, 0) is 35.2 Å². The van der Waals surface area contributed by atoms with Crippen LogP contribution in [0.5, 0.6) is 0 Å². The number of rotatable bonds is 5. The second-order valence-corrected chi connectivity index (χ2v) is 9.12. The summed E-state index contributed by atoms with van der Waals surface area (Å²) in [6.07, 6.45) is -2.37. The second kappa shape index (κ2) is 9.60. The lowest BCUT2D eigenvalue weighted by Gasteiger charge is -2.29. The Balaban J connectivity index is 1.25. The van der Waals surface area contributed by atoms with Gasteiger partial charge in [0, 0.05) is 25.5 Å². The van der Waals surface area contributed by atoms with Gasteiger partial charge in [-0.3, -0.25) is 14.9 Å². The normalized spacial score (nSPS) is 17.9. The molecular formula is C23H24ClF3N8O. The number of guanidine groups is 1. The molecule has 4 N–H and O–H groups in total. The van der Waals surface area contributed by atoms with Gasteiger partial charge >= 0.3 is 6.18 Å². The van der Waals surface area contributed by atoms with Crippen molar-refractivity contribution < 1.29 is 18.0 Å². The summed E-state index contributed by atoms with van der Waals surface area (Å²) in [5.41, 5.74) is 7.88. The molecule has 3 aromatic rings. The number of aromatic nitrogens is 2. The van der Waals surface area contributed by atoms with Gasteiger partial charge in [0.25, 0.3) is 0 Å². The number of carbonyl (C=O) groups is 1. The van der Waals surface area contributed by atoms with E-state index in [1.807, 2.05) is 31.3 Å². The predicted octanol–water partition coefficient (Wildman–Crippen LogP) is 3.17. The van der Waals surface area contributed by atoms with Gasteiger partial charge in [-0.2, -0.15) is 18.3 Å². The molecular weight excluding hydrogens is 497 g/mol. The van der Waals surface area contributed by atoms with Gasteiger partial charge in [0.15, 0.2) is 0 Å². The van der Waals surface area contributed by atoms with E-state index in [-0.39, 0.29) is 18.6 Å². The Hall–Kier alpha value is -3.35. The number of H-pyrrole nitrogens is 1. The molecule has 1 aromatic heterocycles. The first kappa shape index (κ1) is 24.3. The summed E-state index contributed by atoms with van der Waals surface area (Å²) in [6.45, 7) is -0.707. The van der Waals surface area contributed by atoms with E-state index >= 15 is 0 Å². The van der Waals surface area contributed by atoms with Crippen LogP contribution in [-0.4, -0.2) is 64.8 Å². The van der Waals surface area contributed by atoms with Crippen LogP contribution in [0.25, 0.3) is 10.9 Å². The van der Waals surface area contributed by atoms with Crippen molar-refractivity contribution in [2.75, 3.05) is 32.0 Å². The predicted molar refractivity (Wildman–Crippen MR) is 130 cm³/mol. The fourth-order valence-electron chi connectivity index (χ4n) is 4.33. The number of fused-ring (bicyclic) bond motifs is 2. The molecule has 0 saturated carbocycles. The third kappa shape index (κ3) is 5.11. The lowest BCUT2D eigenvalue weighted by molar-refractivity contribution is -0.134. The summed E-state index contributed by atoms with van der Waals surface area (Å²) in [5.74, 6) is 0.256. The van der Waals surface area contributed by atoms with Crippen molar-refractivity contribution in [2.45, 2.75) is 25.3 Å². The Morgan fingerprint density at radius 1 is 1.25 bits per heavy atom. The van der Waals surface area contributed by atoms with Gasteiger partial charge in [-0.15, -0.1) is 0 Å². The third-order valence-electron chi connectivity index (χ3n) is 6.20. The quantitative estimate of drug-likeness (QED) is 0.412. The summed E-state index contributed by atoms with van der Waals surface area (Å²) in [5, 5.41) is 15.5. The number of anilines is 1. The average molecular weight is 521 g/mol. The summed E-state index contributed by atoms with van der Waals surface area (Å²) in [6, 6.07) is 9.69. The highest BCUT2D eigenvalue weighted by Crippen LogP contribution is 2.31. The van der Waals surface area contributed by atoms with Crippen molar-refractivity contribution >= 4 is 40.1 Å². The zero-order chi connectivity index (χ0) is 25.4. The number of carbonyl (C=O) groups excluding carboxylic acids is 1. The molecule has 13 heteroatoms. The molecule has 0 fully saturated rings. The number of amides is 1. The molecule has 1 atom stereocenters. The number of aromatic amines is 1. The van der Waals surface area contributed by atoms with E-state index in [1.165, 1.54) is 0 Å². The van der Waals surface area contributed by atoms with Crippen LogP contribution < -0.4 is 16.1 Å². The zero-order valence-electron chi connectivity index (χ0n) is 19.3. The van der Waals surface area contributed by atoms with E-state index in [1.54, 1.807) is 16.1 Å². The highest BCUT2D eigenvalue weighted by Gasteiger charge is 2.29. The van der Waals surface area contributed by atoms with Crippen LogP contribution in [0.15, 0.2) is 41.5 Å². The van der Waals surface area contributed by atoms with E-state index in [0.29, 0.717) is 36.2 Å². The molecule has 3 heterocycles. The van der Waals surface area contributed by atoms with Crippen LogP contribution in [0, 0.1) is 0 Å². The van der Waals surface area contributed by atoms with Gasteiger partial charge in [0.05, 0.1) is 35.5 Å². The number of halogens is 4. The van der Waals surface area contributed by atoms with E-state index in [9.17, 15) is 18.0 Å². The largest absolute Gasteiger partial charge is 0.401 e. The molecule has 9 nitrogen and oxygen atoms in total. The van der Waals surface area contributed by atoms with Crippen LogP contribution in [0.3, 0.4) is 0 Å². The van der Waals surface area contributed by atoms with Crippen LogP contribution in [0.4, 0.5) is 18.9 Å². The Kier molecular flexibility index (Phi) is 6.49. The molecule has 0 saturated heterocycles. The van der Waals surface area contributed by atoms with Crippen LogP contribution >= 0.6 is 11.6 Å². The average Bonchev–Trinajstić information content (AvgIpc) is 3.46. The minimum absolute atomic E-state index is 0.314. The van der Waals surface area contributed by atoms with E-state index < -0.39 is 12.7 Å². The van der Waals surface area contributed by atoms with Crippen molar-refractivity contribution in [2.24, 2.45) is 4.99 Å². The molecule has 0 spiro atoms. The lowest BCUT2D eigenvalue weighted by atomic mass is 9.96. The van der Waals surface area contributed by atoms with Crippen molar-refractivity contribution in [1.82, 2.24) is 30.8 Å². The lowest BCUT2D eigenvalue weighted by Crippen LogP contribution is -2.43. The first-order valence-electron chi connectivity index (χ1n) is 11.3. The molecule has 2 aliphatic rings. The second-order valence-electron chi connectivity index (χ2n) is 8.74. The molecule has 2 aliphatic heterocycles. The van der Waals surface area contributed by atoms with Gasteiger partial charge in [0.2, 0.25) is 11.9 Å². The smallest absolute Gasteiger partial charge is 0.337 e. The first-order valence-corrected chi connectivity index (χ1v) is 11.7. The van der Waals surface area contributed by atoms with Crippen LogP contribution in [-0.2, 0) is 17.8 Å². The maximum atomic E-state index is 12.3. The number of alkyl halides is 3. The standard InChI is InChI=1S/C23H24ClF3N8O/c1-34-22(30-18-5-4-17-16(20(18)24)9-29-32-17)31-21(33-34)14-2-3-15-11-35(7-6-13(15)8-14)19(36)10-28-12-23(25,26)27/h2-5,8-9,21,28,33H,6-7,10-12H2,1H3,(H,29,32)(H,30,31). The third-order valence-corrected chi connectivity index (χ3v) is 6.61. The van der Waals surface area contributed by atoms with Crippen molar-refractivity contribution in [3.63, 3.8) is 0 Å². The number of hydrogen-bond donors (Lipinski definition) is 4. The Morgan fingerprint density at radius 2 is 2.08 bits per heavy atom. The highest BCUT2D eigenvalue weighted by molar-refractivity contribution is 6.38. The van der Waals surface area contributed by atoms with Gasteiger partial charge in [-0.25, -0.2) is 10.4 Å². The fraction of sp³-hybridized carbons (Fsp3) is 0.348. The number of hydrazine groups is 1. The van der Waals surface area contributed by atoms with E-state index in [4.69, 9.17) is 16.6 Å². The molecule has 1 amide bonds. The minimum Gasteiger partial charge on any atom is -0.337 e. The Morgan fingerprint density at radius 3 is 2.89 bits per heavy atom. The van der Waals surface area contributed by atoms with Crippen LogP contribution in [0.1, 0.15) is 22.9 Å². The zero-order valence-corrected chi connectivity index (χ0v) is 20.0. The SMILES string of the molecule is CN1NC(c2ccc3c(c2)CCN(C(=O)CNCC(F)(F)F)C3)N=C1Nc1ccc2[nH]ncc2c1Cl. The Labute approximate surface area is 209 Å². The molecule has 5 rings (SSSR count). The Bertz CT molecular complexity index is 1320. The van der Waals surface area contributed by atoms with Crippen LogP contribution in [0.2, 0.25) is 5.02 Å². The van der Waals surface area contributed by atoms with Crippen molar-refractivity contribution in [3.8, 4) is 0 Å². The summed E-state index contributed by atoms with van der Waals surface area (Å²) < 4.78 is 36.9. The monoisotopic (exact) mass is 520 g/mol. The molecule has 2 aromatic carbocycles. The minimum atomic E-state index is -4.34. The van der Waals surface area contributed by atoms with Gasteiger partial charge < -0.3 is 15.5 Å². The maximum absolute atomic E-state index is 12.3. The maximum Gasteiger partial charge on any atom is 0.401 e. The number of hydrogen-bond acceptors (Lipinski definition) is 7. The summed E-state index contributed by atoms with van der Waals surface area (Å²) in [7, 11) is 1.85. The van der Waals surface area contributed by atoms with Crippen molar-refractivity contribution in [1.29, 1.82) is 0 Å². The number of nitrogens with one attached hydrogen (secondary N) is 4. The summed E-state index contributed by atoms with van der Waals surface area (Å²) in [4.78, 5) is 18.7. The number of benzene rings is 2. The molecule has 1 unspecified atom stereocenters. The van der Waals surface area contributed by atoms with Gasteiger partial charge in [0.1, 0.15) is 6.17 Å². The summed E-state index contributed by atoms with van der Waals surface area (Å²) >= 11 is 6.53. The van der Waals surface area contributed by atoms with E-state index in [0.717, 1.165) is 27.6 Å². The fourth-order valence-corrected chi connectivity index (χ4v) is 4.59. The molecule has 0 bridgehead atoms. The number of nitrogens with zero attached hydrogens (tertiary/aromatic N) is 4. The number of aliphatic imine (C=N–C) groups is 1. The molecule has 0 radical (unpaired) electrons. The molecule has 36 heavy (non-hydrogen) atoms. The van der Waals surface area contributed by atoms with Gasteiger partial charge in [-0.1, -0.05) is 29.8 Å². The highest BCUT2D eigenvalue weighted by atomic mass is 35.5. The topological polar surface area (TPSA) is 101 Å². The van der Waals surface area contributed by atoms with E-state index in [2.05, 4.69) is 32.3 Å². The molecule has 0 aliphatic carbocycles. The van der Waals surface area contributed by atoms with Crippen molar-refractivity contribution in [3.05, 3.63) is 58.2 Å². The first-order chi connectivity index (χ1) is 17.2.